The van der Waals surface area contributed by atoms with E-state index >= 15 is 0 Å². The number of nitrogens with zero attached hydrogens (tertiary/aromatic N) is 1. The smallest absolute Gasteiger partial charge is 0.207 e. The first-order valence-electron chi connectivity index (χ1n) is 6.14. The van der Waals surface area contributed by atoms with Crippen LogP contribution in [0.25, 0.3) is 0 Å². The van der Waals surface area contributed by atoms with E-state index in [1.54, 1.807) is 7.05 Å². The summed E-state index contributed by atoms with van der Waals surface area (Å²) in [6.07, 6.45) is 0. The average Bonchev–Trinajstić information content (AvgIpc) is 2.67. The van der Waals surface area contributed by atoms with Crippen molar-refractivity contribution in [1.29, 1.82) is 0 Å². The molecule has 1 aromatic heterocycles. The average molecular weight is 324 g/mol. The van der Waals surface area contributed by atoms with E-state index in [0.29, 0.717) is 9.77 Å². The maximum Gasteiger partial charge on any atom is 0.244 e. The van der Waals surface area contributed by atoms with Gasteiger partial charge in [0, 0.05) is 18.0 Å². The van der Waals surface area contributed by atoms with Crippen LogP contribution in [0.15, 0.2) is 10.3 Å². The molecule has 1 heterocycles. The Balaban J connectivity index is 3.28. The van der Waals surface area contributed by atoms with Gasteiger partial charge in [0.25, 0.3) is 0 Å². The van der Waals surface area contributed by atoms with Crippen molar-refractivity contribution in [1.82, 2.24) is 4.31 Å². The van der Waals surface area contributed by atoms with E-state index in [0.717, 1.165) is 5.56 Å². The number of halogens is 1. The number of thiophene rings is 1. The van der Waals surface area contributed by atoms with Crippen molar-refractivity contribution >= 4 is 33.0 Å². The molecule has 0 aromatic carbocycles. The highest BCUT2D eigenvalue weighted by atomic mass is 35.5. The molecule has 0 aliphatic carbocycles. The fourth-order valence-electron chi connectivity index (χ4n) is 1.82. The first-order valence-corrected chi connectivity index (χ1v) is 9.00. The van der Waals surface area contributed by atoms with Crippen LogP contribution in [-0.2, 0) is 15.9 Å². The van der Waals surface area contributed by atoms with E-state index in [2.05, 4.69) is 0 Å². The van der Waals surface area contributed by atoms with Gasteiger partial charge in [-0.1, -0.05) is 20.8 Å². The standard InChI is InChI=1S/C13H22ClNO2S2/c1-9-8-18-11(7-14)12(9)19(16,17)15(6)10(2)13(3,4)5/h8,10H,7H2,1-6H3. The second-order valence-electron chi connectivity index (χ2n) is 5.87. The normalized spacial score (nSPS) is 14.9. The first kappa shape index (κ1) is 17.0. The Labute approximate surface area is 125 Å². The van der Waals surface area contributed by atoms with Crippen LogP contribution >= 0.6 is 22.9 Å². The van der Waals surface area contributed by atoms with Crippen LogP contribution in [0.1, 0.15) is 38.1 Å². The van der Waals surface area contributed by atoms with Gasteiger partial charge in [-0.2, -0.15) is 4.31 Å². The van der Waals surface area contributed by atoms with Crippen LogP contribution in [-0.4, -0.2) is 25.8 Å². The lowest BCUT2D eigenvalue weighted by Gasteiger charge is -2.34. The third-order valence-corrected chi connectivity index (χ3v) is 7.36. The van der Waals surface area contributed by atoms with Crippen molar-refractivity contribution in [2.75, 3.05) is 7.05 Å². The fourth-order valence-corrected chi connectivity index (χ4v) is 5.37. The lowest BCUT2D eigenvalue weighted by molar-refractivity contribution is 0.216. The SMILES string of the molecule is Cc1csc(CCl)c1S(=O)(=O)N(C)C(C)C(C)(C)C. The molecular formula is C13H22ClNO2S2. The van der Waals surface area contributed by atoms with Gasteiger partial charge in [0.15, 0.2) is 0 Å². The van der Waals surface area contributed by atoms with Gasteiger partial charge in [0.1, 0.15) is 4.90 Å². The maximum absolute atomic E-state index is 12.8. The lowest BCUT2D eigenvalue weighted by atomic mass is 9.88. The van der Waals surface area contributed by atoms with Crippen LogP contribution < -0.4 is 0 Å². The van der Waals surface area contributed by atoms with Crippen LogP contribution in [0.4, 0.5) is 0 Å². The van der Waals surface area contributed by atoms with Gasteiger partial charge in [-0.3, -0.25) is 0 Å². The largest absolute Gasteiger partial charge is 0.244 e. The van der Waals surface area contributed by atoms with Gasteiger partial charge in [0.2, 0.25) is 10.0 Å². The second-order valence-corrected chi connectivity index (χ2v) is 9.03. The Morgan fingerprint density at radius 1 is 1.42 bits per heavy atom. The van der Waals surface area contributed by atoms with E-state index < -0.39 is 10.0 Å². The second kappa shape index (κ2) is 5.72. The number of hydrogen-bond acceptors (Lipinski definition) is 3. The third kappa shape index (κ3) is 3.32. The van der Waals surface area contributed by atoms with Crippen LogP contribution in [0.2, 0.25) is 0 Å². The Morgan fingerprint density at radius 2 is 1.95 bits per heavy atom. The number of hydrogen-bond donors (Lipinski definition) is 0. The summed E-state index contributed by atoms with van der Waals surface area (Å²) in [6.45, 7) is 9.85. The van der Waals surface area contributed by atoms with E-state index in [9.17, 15) is 8.42 Å². The van der Waals surface area contributed by atoms with Crippen LogP contribution in [0.3, 0.4) is 0 Å². The molecule has 0 fully saturated rings. The summed E-state index contributed by atoms with van der Waals surface area (Å²) >= 11 is 7.25. The minimum Gasteiger partial charge on any atom is -0.207 e. The first-order chi connectivity index (χ1) is 8.53. The summed E-state index contributed by atoms with van der Waals surface area (Å²) in [4.78, 5) is 1.10. The molecule has 0 saturated carbocycles. The molecule has 0 aliphatic heterocycles. The minimum atomic E-state index is -3.49. The molecule has 6 heteroatoms. The third-order valence-electron chi connectivity index (χ3n) is 3.55. The van der Waals surface area contributed by atoms with Gasteiger partial charge in [-0.05, 0) is 30.2 Å². The minimum absolute atomic E-state index is 0.0972. The summed E-state index contributed by atoms with van der Waals surface area (Å²) < 4.78 is 27.0. The highest BCUT2D eigenvalue weighted by molar-refractivity contribution is 7.89. The summed E-state index contributed by atoms with van der Waals surface area (Å²) in [6, 6.07) is -0.0972. The fraction of sp³-hybridized carbons (Fsp3) is 0.692. The zero-order valence-electron chi connectivity index (χ0n) is 12.3. The maximum atomic E-state index is 12.8. The van der Waals surface area contributed by atoms with Crippen molar-refractivity contribution < 1.29 is 8.42 Å². The highest BCUT2D eigenvalue weighted by Crippen LogP contribution is 2.33. The predicted molar refractivity (Wildman–Crippen MR) is 82.5 cm³/mol. The van der Waals surface area contributed by atoms with Crippen molar-refractivity contribution in [3.8, 4) is 0 Å². The van der Waals surface area contributed by atoms with Gasteiger partial charge >= 0.3 is 0 Å². The van der Waals surface area contributed by atoms with E-state index in [-0.39, 0.29) is 17.3 Å². The predicted octanol–water partition coefficient (Wildman–Crippen LogP) is 3.85. The molecule has 0 spiro atoms. The summed E-state index contributed by atoms with van der Waals surface area (Å²) in [7, 11) is -1.85. The number of sulfonamides is 1. The number of alkyl halides is 1. The lowest BCUT2D eigenvalue weighted by Crippen LogP contribution is -2.43. The Morgan fingerprint density at radius 3 is 2.37 bits per heavy atom. The topological polar surface area (TPSA) is 37.4 Å². The molecule has 1 atom stereocenters. The molecule has 3 nitrogen and oxygen atoms in total. The monoisotopic (exact) mass is 323 g/mol. The molecule has 1 unspecified atom stereocenters. The van der Waals surface area contributed by atoms with Gasteiger partial charge in [0.05, 0.1) is 5.88 Å². The molecule has 1 rings (SSSR count). The molecule has 1 aromatic rings. The quantitative estimate of drug-likeness (QED) is 0.789. The Kier molecular flexibility index (Phi) is 5.10. The molecule has 0 N–H and O–H groups in total. The van der Waals surface area contributed by atoms with Crippen molar-refractivity contribution in [2.24, 2.45) is 5.41 Å². The summed E-state index contributed by atoms with van der Waals surface area (Å²) in [5.41, 5.74) is 0.654. The zero-order valence-corrected chi connectivity index (χ0v) is 14.7. The number of rotatable bonds is 4. The van der Waals surface area contributed by atoms with E-state index in [1.807, 2.05) is 40.0 Å². The van der Waals surface area contributed by atoms with Gasteiger partial charge < -0.3 is 0 Å². The molecule has 110 valence electrons. The van der Waals surface area contributed by atoms with Crippen molar-refractivity contribution in [3.63, 3.8) is 0 Å². The van der Waals surface area contributed by atoms with E-state index in [1.165, 1.54) is 15.6 Å². The Hall–Kier alpha value is -0.100. The molecular weight excluding hydrogens is 302 g/mol. The highest BCUT2D eigenvalue weighted by Gasteiger charge is 2.34. The molecule has 0 amide bonds. The van der Waals surface area contributed by atoms with Crippen molar-refractivity contribution in [3.05, 3.63) is 15.8 Å². The summed E-state index contributed by atoms with van der Waals surface area (Å²) in [5.74, 6) is 0.227. The van der Waals surface area contributed by atoms with Gasteiger partial charge in [-0.15, -0.1) is 22.9 Å². The molecule has 0 radical (unpaired) electrons. The molecule has 0 aliphatic rings. The zero-order chi connectivity index (χ0) is 15.0. The van der Waals surface area contributed by atoms with E-state index in [4.69, 9.17) is 11.6 Å². The Bertz CT molecular complexity index is 543. The van der Waals surface area contributed by atoms with Crippen LogP contribution in [0, 0.1) is 12.3 Å². The van der Waals surface area contributed by atoms with Crippen LogP contribution in [0.5, 0.6) is 0 Å². The molecule has 0 saturated heterocycles. The number of aryl methyl sites for hydroxylation is 1. The van der Waals surface area contributed by atoms with Gasteiger partial charge in [-0.25, -0.2) is 8.42 Å². The molecule has 19 heavy (non-hydrogen) atoms. The molecule has 0 bridgehead atoms. The summed E-state index contributed by atoms with van der Waals surface area (Å²) in [5, 5.41) is 1.85. The van der Waals surface area contributed by atoms with Crippen molar-refractivity contribution in [2.45, 2.75) is 51.4 Å².